The van der Waals surface area contributed by atoms with E-state index in [-0.39, 0.29) is 0 Å². The first-order chi connectivity index (χ1) is 5.77. The summed E-state index contributed by atoms with van der Waals surface area (Å²) in [4.78, 5) is 0. The van der Waals surface area contributed by atoms with Crippen molar-refractivity contribution in [2.24, 2.45) is 0 Å². The smallest absolute Gasteiger partial charge is 0.183 e. The Morgan fingerprint density at radius 1 is 1.42 bits per heavy atom. The lowest BCUT2D eigenvalue weighted by Gasteiger charge is -2.26. The monoisotopic (exact) mass is 174 g/mol. The fourth-order valence-electron chi connectivity index (χ4n) is 1.55. The Morgan fingerprint density at radius 2 is 2.25 bits per heavy atom. The standard InChI is InChI=1S/C9H20NO2/c1-10(6-8-12-9-10)5-3-4-7-11-2/h3-9H2,1-2H3/q+1. The molecule has 0 aliphatic carbocycles. The van der Waals surface area contributed by atoms with Crippen LogP contribution in [0.5, 0.6) is 0 Å². The highest BCUT2D eigenvalue weighted by Crippen LogP contribution is 2.11. The minimum absolute atomic E-state index is 0.890. The van der Waals surface area contributed by atoms with Gasteiger partial charge in [0, 0.05) is 13.7 Å². The first-order valence-corrected chi connectivity index (χ1v) is 4.67. The number of rotatable bonds is 5. The van der Waals surface area contributed by atoms with Gasteiger partial charge in [0.25, 0.3) is 0 Å². The Hall–Kier alpha value is -0.120. The number of unbranched alkanes of at least 4 members (excludes halogenated alkanes) is 1. The fourth-order valence-corrected chi connectivity index (χ4v) is 1.55. The van der Waals surface area contributed by atoms with E-state index in [0.717, 1.165) is 24.4 Å². The zero-order valence-electron chi connectivity index (χ0n) is 8.21. The lowest BCUT2D eigenvalue weighted by Crippen LogP contribution is -2.42. The minimum Gasteiger partial charge on any atom is -0.385 e. The average molecular weight is 174 g/mol. The van der Waals surface area contributed by atoms with Gasteiger partial charge in [-0.2, -0.15) is 0 Å². The molecule has 1 heterocycles. The predicted octanol–water partition coefficient (Wildman–Crippen LogP) is 0.847. The Bertz CT molecular complexity index is 122. The van der Waals surface area contributed by atoms with Crippen molar-refractivity contribution in [2.75, 3.05) is 47.2 Å². The largest absolute Gasteiger partial charge is 0.385 e. The zero-order valence-corrected chi connectivity index (χ0v) is 8.21. The number of likely N-dealkylation sites (N-methyl/N-ethyl adjacent to an activating group) is 1. The Balaban J connectivity index is 2.05. The topological polar surface area (TPSA) is 18.5 Å². The highest BCUT2D eigenvalue weighted by molar-refractivity contribution is 4.44. The quantitative estimate of drug-likeness (QED) is 0.454. The van der Waals surface area contributed by atoms with E-state index < -0.39 is 0 Å². The summed E-state index contributed by atoms with van der Waals surface area (Å²) in [6.45, 7) is 5.12. The van der Waals surface area contributed by atoms with Crippen LogP contribution in [0.15, 0.2) is 0 Å². The highest BCUT2D eigenvalue weighted by Gasteiger charge is 2.26. The van der Waals surface area contributed by atoms with Crippen LogP contribution in [-0.2, 0) is 9.47 Å². The Labute approximate surface area is 74.8 Å². The van der Waals surface area contributed by atoms with E-state index in [1.165, 1.54) is 25.9 Å². The molecule has 1 atom stereocenters. The van der Waals surface area contributed by atoms with Gasteiger partial charge in [-0.05, 0) is 12.8 Å². The normalized spacial score (nSPS) is 29.5. The van der Waals surface area contributed by atoms with Crippen molar-refractivity contribution in [3.63, 3.8) is 0 Å². The molecule has 0 N–H and O–H groups in total. The molecule has 1 fully saturated rings. The molecule has 72 valence electrons. The molecule has 0 aromatic carbocycles. The van der Waals surface area contributed by atoms with Gasteiger partial charge < -0.3 is 14.0 Å². The van der Waals surface area contributed by atoms with Gasteiger partial charge in [-0.3, -0.25) is 0 Å². The zero-order chi connectivity index (χ0) is 8.86. The van der Waals surface area contributed by atoms with Crippen molar-refractivity contribution < 1.29 is 14.0 Å². The van der Waals surface area contributed by atoms with E-state index in [4.69, 9.17) is 9.47 Å². The molecule has 0 aromatic rings. The van der Waals surface area contributed by atoms with Crippen LogP contribution in [0.3, 0.4) is 0 Å². The van der Waals surface area contributed by atoms with Crippen LogP contribution in [0.25, 0.3) is 0 Å². The number of ether oxygens (including phenoxy) is 2. The fraction of sp³-hybridized carbons (Fsp3) is 1.00. The SMILES string of the molecule is COCCCC[N+]1(C)CCOC1. The summed E-state index contributed by atoms with van der Waals surface area (Å²) in [5.41, 5.74) is 0. The third-order valence-corrected chi connectivity index (χ3v) is 2.47. The summed E-state index contributed by atoms with van der Waals surface area (Å²) in [5.74, 6) is 0. The maximum Gasteiger partial charge on any atom is 0.183 e. The maximum atomic E-state index is 5.36. The number of quaternary nitrogens is 1. The summed E-state index contributed by atoms with van der Waals surface area (Å²) < 4.78 is 11.4. The molecule has 0 saturated carbocycles. The first kappa shape index (κ1) is 9.96. The van der Waals surface area contributed by atoms with Gasteiger partial charge in [0.2, 0.25) is 0 Å². The van der Waals surface area contributed by atoms with Crippen molar-refractivity contribution in [3.8, 4) is 0 Å². The van der Waals surface area contributed by atoms with Crippen molar-refractivity contribution in [2.45, 2.75) is 12.8 Å². The van der Waals surface area contributed by atoms with E-state index >= 15 is 0 Å². The molecule has 0 radical (unpaired) electrons. The molecular formula is C9H20NO2+. The first-order valence-electron chi connectivity index (χ1n) is 4.67. The van der Waals surface area contributed by atoms with Crippen LogP contribution in [-0.4, -0.2) is 51.7 Å². The van der Waals surface area contributed by atoms with Crippen LogP contribution in [0, 0.1) is 0 Å². The van der Waals surface area contributed by atoms with Crippen molar-refractivity contribution in [3.05, 3.63) is 0 Å². The summed E-state index contributed by atoms with van der Waals surface area (Å²) in [6, 6.07) is 0. The van der Waals surface area contributed by atoms with Crippen LogP contribution < -0.4 is 0 Å². The van der Waals surface area contributed by atoms with E-state index in [9.17, 15) is 0 Å². The van der Waals surface area contributed by atoms with Gasteiger partial charge in [0.1, 0.15) is 13.2 Å². The highest BCUT2D eigenvalue weighted by atomic mass is 16.5. The van der Waals surface area contributed by atoms with E-state index in [1.807, 2.05) is 0 Å². The molecule has 1 unspecified atom stereocenters. The van der Waals surface area contributed by atoms with E-state index in [1.54, 1.807) is 7.11 Å². The molecule has 0 spiro atoms. The van der Waals surface area contributed by atoms with Gasteiger partial charge in [0.05, 0.1) is 13.6 Å². The third-order valence-electron chi connectivity index (χ3n) is 2.47. The summed E-state index contributed by atoms with van der Waals surface area (Å²) in [6.07, 6.45) is 2.41. The third kappa shape index (κ3) is 3.09. The molecule has 1 aliphatic rings. The van der Waals surface area contributed by atoms with Crippen LogP contribution in [0.2, 0.25) is 0 Å². The maximum absolute atomic E-state index is 5.36. The molecule has 1 aliphatic heterocycles. The lowest BCUT2D eigenvalue weighted by molar-refractivity contribution is -0.906. The van der Waals surface area contributed by atoms with E-state index in [0.29, 0.717) is 0 Å². The molecule has 3 nitrogen and oxygen atoms in total. The van der Waals surface area contributed by atoms with Crippen LogP contribution >= 0.6 is 0 Å². The second-order valence-electron chi connectivity index (χ2n) is 3.80. The number of hydrogen-bond donors (Lipinski definition) is 0. The Kier molecular flexibility index (Phi) is 3.98. The molecule has 1 rings (SSSR count). The lowest BCUT2D eigenvalue weighted by atomic mass is 10.3. The predicted molar refractivity (Wildman–Crippen MR) is 47.8 cm³/mol. The Morgan fingerprint density at radius 3 is 2.83 bits per heavy atom. The van der Waals surface area contributed by atoms with Gasteiger partial charge in [-0.15, -0.1) is 0 Å². The summed E-state index contributed by atoms with van der Waals surface area (Å²) in [7, 11) is 4.02. The van der Waals surface area contributed by atoms with Crippen molar-refractivity contribution >= 4 is 0 Å². The molecule has 0 amide bonds. The van der Waals surface area contributed by atoms with Gasteiger partial charge >= 0.3 is 0 Å². The van der Waals surface area contributed by atoms with Gasteiger partial charge in [-0.25, -0.2) is 0 Å². The summed E-state index contributed by atoms with van der Waals surface area (Å²) in [5, 5.41) is 0. The van der Waals surface area contributed by atoms with E-state index in [2.05, 4.69) is 7.05 Å². The molecule has 0 bridgehead atoms. The second kappa shape index (κ2) is 4.80. The molecule has 1 saturated heterocycles. The molecule has 12 heavy (non-hydrogen) atoms. The number of nitrogens with zero attached hydrogens (tertiary/aromatic N) is 1. The summed E-state index contributed by atoms with van der Waals surface area (Å²) >= 11 is 0. The number of hydrogen-bond acceptors (Lipinski definition) is 2. The molecule has 0 aromatic heterocycles. The molecule has 3 heteroatoms. The van der Waals surface area contributed by atoms with Crippen molar-refractivity contribution in [1.29, 1.82) is 0 Å². The second-order valence-corrected chi connectivity index (χ2v) is 3.80. The number of methoxy groups -OCH3 is 1. The minimum atomic E-state index is 0.890. The van der Waals surface area contributed by atoms with Crippen LogP contribution in [0.1, 0.15) is 12.8 Å². The van der Waals surface area contributed by atoms with Gasteiger partial charge in [-0.1, -0.05) is 0 Å². The van der Waals surface area contributed by atoms with Crippen LogP contribution in [0.4, 0.5) is 0 Å². The van der Waals surface area contributed by atoms with Gasteiger partial charge in [0.15, 0.2) is 6.73 Å². The molecular weight excluding hydrogens is 154 g/mol. The average Bonchev–Trinajstić information content (AvgIpc) is 2.47. The van der Waals surface area contributed by atoms with Crippen molar-refractivity contribution in [1.82, 2.24) is 0 Å².